The van der Waals surface area contributed by atoms with Gasteiger partial charge in [-0.2, -0.15) is 0 Å². The fourth-order valence-corrected chi connectivity index (χ4v) is 5.89. The van der Waals surface area contributed by atoms with Gasteiger partial charge >= 0.3 is 0 Å². The van der Waals surface area contributed by atoms with Crippen molar-refractivity contribution in [2.75, 3.05) is 9.80 Å². The summed E-state index contributed by atoms with van der Waals surface area (Å²) < 4.78 is 0. The quantitative estimate of drug-likeness (QED) is 0.575. The lowest BCUT2D eigenvalue weighted by atomic mass is 9.54. The van der Waals surface area contributed by atoms with Gasteiger partial charge in [0.15, 0.2) is 0 Å². The van der Waals surface area contributed by atoms with E-state index in [1.807, 2.05) is 24.3 Å². The van der Waals surface area contributed by atoms with Crippen molar-refractivity contribution in [3.05, 3.63) is 72.8 Å². The molecular weight excluding hydrogens is 380 g/mol. The lowest BCUT2D eigenvalue weighted by molar-refractivity contribution is -0.137. The summed E-state index contributed by atoms with van der Waals surface area (Å²) in [6.07, 6.45) is 3.76. The number of para-hydroxylation sites is 2. The van der Waals surface area contributed by atoms with Crippen LogP contribution in [0.2, 0.25) is 0 Å². The van der Waals surface area contributed by atoms with Gasteiger partial charge in [-0.15, -0.1) is 0 Å². The van der Waals surface area contributed by atoms with Crippen LogP contribution in [0.15, 0.2) is 72.8 Å². The van der Waals surface area contributed by atoms with Gasteiger partial charge in [0.1, 0.15) is 0 Å². The second kappa shape index (κ2) is 5.98. The third kappa shape index (κ3) is 2.03. The van der Waals surface area contributed by atoms with E-state index >= 15 is 0 Å². The van der Waals surface area contributed by atoms with E-state index in [1.54, 1.807) is 48.5 Å². The molecule has 30 heavy (non-hydrogen) atoms. The first-order valence-electron chi connectivity index (χ1n) is 10.1. The third-order valence-electron chi connectivity index (χ3n) is 7.04. The maximum Gasteiger partial charge on any atom is 0.238 e. The number of carbonyl (C=O) groups excluding carboxylic acids is 4. The lowest BCUT2D eigenvalue weighted by Gasteiger charge is -2.44. The van der Waals surface area contributed by atoms with E-state index < -0.39 is 35.5 Å². The summed E-state index contributed by atoms with van der Waals surface area (Å²) in [5.74, 6) is -4.36. The average molecular weight is 398 g/mol. The zero-order valence-corrected chi connectivity index (χ0v) is 15.9. The standard InChI is InChI=1S/C24H18N2O4/c27-21-17-15-11-12-16(18(17)22(28)25(21)13-7-3-1-4-8-13)20-19(15)23(29)26(24(20)30)14-9-5-2-6-10-14/h1-12,15-20H/t15?,16?,17-,18-,19-,20+/m1/s1. The van der Waals surface area contributed by atoms with Gasteiger partial charge in [-0.3, -0.25) is 29.0 Å². The van der Waals surface area contributed by atoms with Gasteiger partial charge in [-0.05, 0) is 24.3 Å². The van der Waals surface area contributed by atoms with Crippen LogP contribution in [0, 0.1) is 35.5 Å². The second-order valence-electron chi connectivity index (χ2n) is 8.34. The average Bonchev–Trinajstić information content (AvgIpc) is 3.22. The third-order valence-corrected chi connectivity index (χ3v) is 7.04. The molecule has 6 heteroatoms. The molecule has 148 valence electrons. The highest BCUT2D eigenvalue weighted by molar-refractivity contribution is 6.26. The van der Waals surface area contributed by atoms with E-state index in [2.05, 4.69) is 0 Å². The Kier molecular flexibility index (Phi) is 3.46. The number of allylic oxidation sites excluding steroid dienone is 2. The summed E-state index contributed by atoms with van der Waals surface area (Å²) >= 11 is 0. The fraction of sp³-hybridized carbons (Fsp3) is 0.250. The van der Waals surface area contributed by atoms with Crippen LogP contribution in [-0.2, 0) is 19.2 Å². The molecule has 3 aliphatic carbocycles. The largest absolute Gasteiger partial charge is 0.274 e. The Labute approximate surface area is 172 Å². The topological polar surface area (TPSA) is 74.8 Å². The monoisotopic (exact) mass is 398 g/mol. The van der Waals surface area contributed by atoms with E-state index in [9.17, 15) is 19.2 Å². The number of rotatable bonds is 2. The Hall–Kier alpha value is -3.54. The number of benzene rings is 2. The van der Waals surface area contributed by atoms with Crippen LogP contribution in [0.1, 0.15) is 0 Å². The van der Waals surface area contributed by atoms with E-state index in [-0.39, 0.29) is 23.6 Å². The molecular formula is C24H18N2O4. The van der Waals surface area contributed by atoms with Gasteiger partial charge in [-0.1, -0.05) is 48.6 Å². The van der Waals surface area contributed by atoms with Crippen molar-refractivity contribution in [3.8, 4) is 0 Å². The molecule has 2 heterocycles. The first kappa shape index (κ1) is 17.3. The van der Waals surface area contributed by atoms with Gasteiger partial charge in [0.05, 0.1) is 35.0 Å². The van der Waals surface area contributed by atoms with E-state index in [1.165, 1.54) is 9.80 Å². The first-order chi connectivity index (χ1) is 14.6. The Bertz CT molecular complexity index is 993. The highest BCUT2D eigenvalue weighted by atomic mass is 16.2. The normalized spacial score (nSPS) is 34.0. The number of carbonyl (C=O) groups is 4. The van der Waals surface area contributed by atoms with Crippen LogP contribution in [0.25, 0.3) is 0 Å². The van der Waals surface area contributed by atoms with E-state index in [0.29, 0.717) is 11.4 Å². The molecule has 5 aliphatic rings. The Morgan fingerprint density at radius 2 is 0.767 bits per heavy atom. The van der Waals surface area contributed by atoms with Crippen molar-refractivity contribution in [2.45, 2.75) is 0 Å². The molecule has 1 saturated carbocycles. The molecule has 2 aromatic rings. The minimum absolute atomic E-state index is 0.271. The summed E-state index contributed by atoms with van der Waals surface area (Å²) in [4.78, 5) is 55.8. The predicted molar refractivity (Wildman–Crippen MR) is 108 cm³/mol. The number of imide groups is 2. The lowest BCUT2D eigenvalue weighted by Crippen LogP contribution is -2.50. The van der Waals surface area contributed by atoms with Crippen molar-refractivity contribution >= 4 is 35.0 Å². The summed E-state index contributed by atoms with van der Waals surface area (Å²) in [5, 5.41) is 0. The minimum Gasteiger partial charge on any atom is -0.274 e. The predicted octanol–water partition coefficient (Wildman–Crippen LogP) is 2.41. The molecule has 4 amide bonds. The molecule has 6 atom stereocenters. The van der Waals surface area contributed by atoms with Gasteiger partial charge in [-0.25, -0.2) is 0 Å². The molecule has 7 rings (SSSR count). The van der Waals surface area contributed by atoms with Crippen molar-refractivity contribution < 1.29 is 19.2 Å². The minimum atomic E-state index is -0.596. The summed E-state index contributed by atoms with van der Waals surface area (Å²) in [6, 6.07) is 17.7. The molecule has 2 aliphatic heterocycles. The van der Waals surface area contributed by atoms with Crippen molar-refractivity contribution in [2.24, 2.45) is 35.5 Å². The van der Waals surface area contributed by atoms with Crippen molar-refractivity contribution in [1.29, 1.82) is 0 Å². The summed E-state index contributed by atoms with van der Waals surface area (Å²) in [6.45, 7) is 0. The number of hydrogen-bond donors (Lipinski definition) is 0. The van der Waals surface area contributed by atoms with Gasteiger partial charge in [0, 0.05) is 11.8 Å². The molecule has 3 fully saturated rings. The molecule has 2 aromatic carbocycles. The van der Waals surface area contributed by atoms with E-state index in [4.69, 9.17) is 0 Å². The number of nitrogens with zero attached hydrogens (tertiary/aromatic N) is 2. The molecule has 2 bridgehead atoms. The molecule has 0 spiro atoms. The zero-order valence-electron chi connectivity index (χ0n) is 15.9. The number of hydrogen-bond acceptors (Lipinski definition) is 4. The van der Waals surface area contributed by atoms with Gasteiger partial charge in [0.25, 0.3) is 0 Å². The van der Waals surface area contributed by atoms with Gasteiger partial charge in [0.2, 0.25) is 23.6 Å². The maximum atomic E-state index is 13.3. The fourth-order valence-electron chi connectivity index (χ4n) is 5.89. The maximum absolute atomic E-state index is 13.3. The smallest absolute Gasteiger partial charge is 0.238 e. The number of anilines is 2. The summed E-state index contributed by atoms with van der Waals surface area (Å²) in [5.41, 5.74) is 1.07. The van der Waals surface area contributed by atoms with Crippen LogP contribution < -0.4 is 9.80 Å². The highest BCUT2D eigenvalue weighted by Crippen LogP contribution is 2.58. The Morgan fingerprint density at radius 3 is 1.07 bits per heavy atom. The molecule has 2 unspecified atom stereocenters. The Balaban J connectivity index is 1.42. The molecule has 6 nitrogen and oxygen atoms in total. The molecule has 0 N–H and O–H groups in total. The van der Waals surface area contributed by atoms with Crippen LogP contribution in [0.4, 0.5) is 11.4 Å². The SMILES string of the molecule is O=C1[C@@H]2C3C=CC([C@H]2C(=O)N1c1ccccc1)[C@@H]1C(=O)N(c2ccccc2)C(=O)[C@H]31. The number of amides is 4. The van der Waals surface area contributed by atoms with Gasteiger partial charge < -0.3 is 0 Å². The van der Waals surface area contributed by atoms with E-state index in [0.717, 1.165) is 0 Å². The Morgan fingerprint density at radius 1 is 0.467 bits per heavy atom. The van der Waals surface area contributed by atoms with Crippen LogP contribution in [0.3, 0.4) is 0 Å². The van der Waals surface area contributed by atoms with Crippen molar-refractivity contribution in [3.63, 3.8) is 0 Å². The molecule has 0 radical (unpaired) electrons. The van der Waals surface area contributed by atoms with Crippen LogP contribution >= 0.6 is 0 Å². The molecule has 2 saturated heterocycles. The zero-order chi connectivity index (χ0) is 20.6. The van der Waals surface area contributed by atoms with Crippen LogP contribution in [0.5, 0.6) is 0 Å². The summed E-state index contributed by atoms with van der Waals surface area (Å²) in [7, 11) is 0. The van der Waals surface area contributed by atoms with Crippen molar-refractivity contribution in [1.82, 2.24) is 0 Å². The second-order valence-corrected chi connectivity index (χ2v) is 8.34. The molecule has 0 aromatic heterocycles. The first-order valence-corrected chi connectivity index (χ1v) is 10.1. The highest BCUT2D eigenvalue weighted by Gasteiger charge is 2.68. The van der Waals surface area contributed by atoms with Crippen LogP contribution in [-0.4, -0.2) is 23.6 Å².